The summed E-state index contributed by atoms with van der Waals surface area (Å²) in [4.78, 5) is 35.8. The molecule has 26 heavy (non-hydrogen) atoms. The number of carbonyl (C=O) groups is 3. The number of amides is 1. The summed E-state index contributed by atoms with van der Waals surface area (Å²) in [6.07, 6.45) is -0.853. The zero-order chi connectivity index (χ0) is 19.9. The van der Waals surface area contributed by atoms with Crippen molar-refractivity contribution < 1.29 is 23.9 Å². The summed E-state index contributed by atoms with van der Waals surface area (Å²) in [6.45, 7) is 11.0. The quantitative estimate of drug-likeness (QED) is 0.453. The van der Waals surface area contributed by atoms with Crippen LogP contribution in [0.2, 0.25) is 0 Å². The minimum Gasteiger partial charge on any atom is -0.454 e. The lowest BCUT2D eigenvalue weighted by Crippen LogP contribution is -2.33. The zero-order valence-corrected chi connectivity index (χ0v) is 16.5. The highest BCUT2D eigenvalue weighted by molar-refractivity contribution is 6.01. The molecule has 0 aromatic heterocycles. The summed E-state index contributed by atoms with van der Waals surface area (Å²) in [5, 5.41) is 2.57. The largest absolute Gasteiger partial charge is 0.454 e. The lowest BCUT2D eigenvalue weighted by Gasteiger charge is -2.19. The van der Waals surface area contributed by atoms with Crippen LogP contribution >= 0.6 is 0 Å². The molecule has 144 valence electrons. The van der Waals surface area contributed by atoms with E-state index in [2.05, 4.69) is 5.32 Å². The highest BCUT2D eigenvalue weighted by Crippen LogP contribution is 2.15. The highest BCUT2D eigenvalue weighted by atomic mass is 16.6. The fourth-order valence-corrected chi connectivity index (χ4v) is 2.27. The molecule has 0 saturated carbocycles. The molecule has 0 aliphatic rings. The van der Waals surface area contributed by atoms with Crippen molar-refractivity contribution in [3.63, 3.8) is 0 Å². The fraction of sp³-hybridized carbons (Fsp3) is 0.550. The van der Waals surface area contributed by atoms with Gasteiger partial charge in [-0.25, -0.2) is 4.79 Å². The van der Waals surface area contributed by atoms with Gasteiger partial charge in [0.2, 0.25) is 5.78 Å². The molecule has 0 saturated heterocycles. The SMILES string of the molecule is Cc1ccc(C)c(C(=O)[C@@H](C)OC(=O)CCCNC(=O)OC(C)(C)C)c1. The molecule has 0 radical (unpaired) electrons. The van der Waals surface area contributed by atoms with Crippen molar-refractivity contribution >= 4 is 17.8 Å². The van der Waals surface area contributed by atoms with E-state index in [0.29, 0.717) is 18.5 Å². The van der Waals surface area contributed by atoms with Crippen molar-refractivity contribution in [2.75, 3.05) is 6.54 Å². The third-order valence-electron chi connectivity index (χ3n) is 3.56. The second kappa shape index (κ2) is 9.36. The van der Waals surface area contributed by atoms with Crippen molar-refractivity contribution in [2.45, 2.75) is 66.1 Å². The first-order valence-electron chi connectivity index (χ1n) is 8.77. The number of ketones is 1. The van der Waals surface area contributed by atoms with Gasteiger partial charge in [0.15, 0.2) is 6.10 Å². The molecule has 1 N–H and O–H groups in total. The second-order valence-electron chi connectivity index (χ2n) is 7.35. The summed E-state index contributed by atoms with van der Waals surface area (Å²) in [5.41, 5.74) is 1.83. The third-order valence-corrected chi connectivity index (χ3v) is 3.56. The van der Waals surface area contributed by atoms with Crippen molar-refractivity contribution in [1.82, 2.24) is 5.32 Å². The molecule has 1 aromatic carbocycles. The Kier molecular flexibility index (Phi) is 7.80. The van der Waals surface area contributed by atoms with E-state index in [4.69, 9.17) is 9.47 Å². The molecule has 0 bridgehead atoms. The van der Waals surface area contributed by atoms with Gasteiger partial charge in [-0.15, -0.1) is 0 Å². The standard InChI is InChI=1S/C20H29NO5/c1-13-9-10-14(2)16(12-13)18(23)15(3)25-17(22)8-7-11-21-19(24)26-20(4,5)6/h9-10,12,15H,7-8,11H2,1-6H3,(H,21,24)/t15-/m1/s1. The number of ether oxygens (including phenoxy) is 2. The number of nitrogens with one attached hydrogen (secondary N) is 1. The molecule has 0 fully saturated rings. The van der Waals surface area contributed by atoms with Gasteiger partial charge in [0.05, 0.1) is 0 Å². The van der Waals surface area contributed by atoms with Gasteiger partial charge in [0, 0.05) is 18.5 Å². The normalized spacial score (nSPS) is 12.2. The molecule has 1 aromatic rings. The van der Waals surface area contributed by atoms with Crippen LogP contribution in [0.25, 0.3) is 0 Å². The Balaban J connectivity index is 2.39. The summed E-state index contributed by atoms with van der Waals surface area (Å²) in [6, 6.07) is 5.60. The smallest absolute Gasteiger partial charge is 0.407 e. The number of Topliss-reactive ketones (excluding diaryl/α,β-unsaturated/α-hetero) is 1. The van der Waals surface area contributed by atoms with Crippen LogP contribution in [0.5, 0.6) is 0 Å². The molecule has 1 atom stereocenters. The number of rotatable bonds is 7. The van der Waals surface area contributed by atoms with Crippen LogP contribution in [0.1, 0.15) is 62.0 Å². The van der Waals surface area contributed by atoms with E-state index < -0.39 is 23.8 Å². The van der Waals surface area contributed by atoms with Crippen molar-refractivity contribution in [1.29, 1.82) is 0 Å². The van der Waals surface area contributed by atoms with Crippen LogP contribution in [0.15, 0.2) is 18.2 Å². The fourth-order valence-electron chi connectivity index (χ4n) is 2.27. The van der Waals surface area contributed by atoms with Gasteiger partial charge in [0.1, 0.15) is 5.60 Å². The van der Waals surface area contributed by atoms with Crippen molar-refractivity contribution in [3.8, 4) is 0 Å². The minimum atomic E-state index is -0.846. The summed E-state index contributed by atoms with van der Waals surface area (Å²) >= 11 is 0. The Morgan fingerprint density at radius 3 is 2.42 bits per heavy atom. The molecule has 6 heteroatoms. The molecule has 0 spiro atoms. The Labute approximate surface area is 155 Å². The van der Waals surface area contributed by atoms with E-state index in [1.165, 1.54) is 0 Å². The predicted octanol–water partition coefficient (Wildman–Crippen LogP) is 3.72. The number of carbonyl (C=O) groups excluding carboxylic acids is 3. The van der Waals surface area contributed by atoms with Crippen LogP contribution < -0.4 is 5.32 Å². The summed E-state index contributed by atoms with van der Waals surface area (Å²) in [7, 11) is 0. The van der Waals surface area contributed by atoms with Crippen LogP contribution in [0.4, 0.5) is 4.79 Å². The number of benzene rings is 1. The second-order valence-corrected chi connectivity index (χ2v) is 7.35. The highest BCUT2D eigenvalue weighted by Gasteiger charge is 2.21. The summed E-state index contributed by atoms with van der Waals surface area (Å²) in [5.74, 6) is -0.687. The Hall–Kier alpha value is -2.37. The zero-order valence-electron chi connectivity index (χ0n) is 16.5. The first kappa shape index (κ1) is 21.7. The van der Waals surface area contributed by atoms with Crippen LogP contribution in [-0.2, 0) is 14.3 Å². The van der Waals surface area contributed by atoms with Crippen LogP contribution in [-0.4, -0.2) is 36.1 Å². The Morgan fingerprint density at radius 2 is 1.81 bits per heavy atom. The molecule has 0 unspecified atom stereocenters. The maximum atomic E-state index is 12.5. The molecule has 1 amide bonds. The van der Waals surface area contributed by atoms with Gasteiger partial charge in [-0.1, -0.05) is 17.7 Å². The lowest BCUT2D eigenvalue weighted by molar-refractivity contribution is -0.146. The molecular formula is C20H29NO5. The molecule has 1 rings (SSSR count). The molecule has 0 heterocycles. The lowest BCUT2D eigenvalue weighted by atomic mass is 9.99. The monoisotopic (exact) mass is 363 g/mol. The number of esters is 1. The van der Waals surface area contributed by atoms with Crippen LogP contribution in [0, 0.1) is 13.8 Å². The van der Waals surface area contributed by atoms with Gasteiger partial charge < -0.3 is 14.8 Å². The summed E-state index contributed by atoms with van der Waals surface area (Å²) < 4.78 is 10.3. The molecule has 0 aliphatic heterocycles. The first-order valence-corrected chi connectivity index (χ1v) is 8.77. The van der Waals surface area contributed by atoms with E-state index in [1.54, 1.807) is 33.8 Å². The van der Waals surface area contributed by atoms with Crippen molar-refractivity contribution in [3.05, 3.63) is 34.9 Å². The predicted molar refractivity (Wildman–Crippen MR) is 99.3 cm³/mol. The molecule has 6 nitrogen and oxygen atoms in total. The third kappa shape index (κ3) is 7.68. The van der Waals surface area contributed by atoms with Gasteiger partial charge in [-0.2, -0.15) is 0 Å². The number of hydrogen-bond acceptors (Lipinski definition) is 5. The van der Waals surface area contributed by atoms with E-state index in [9.17, 15) is 14.4 Å². The molecular weight excluding hydrogens is 334 g/mol. The Morgan fingerprint density at radius 1 is 1.15 bits per heavy atom. The maximum Gasteiger partial charge on any atom is 0.407 e. The number of alkyl carbamates (subject to hydrolysis) is 1. The topological polar surface area (TPSA) is 81.7 Å². The maximum absolute atomic E-state index is 12.5. The van der Waals surface area contributed by atoms with E-state index in [1.807, 2.05) is 26.0 Å². The van der Waals surface area contributed by atoms with Crippen LogP contribution in [0.3, 0.4) is 0 Å². The van der Waals surface area contributed by atoms with Gasteiger partial charge in [0.25, 0.3) is 0 Å². The first-order chi connectivity index (χ1) is 12.0. The van der Waals surface area contributed by atoms with Gasteiger partial charge in [-0.05, 0) is 59.6 Å². The number of hydrogen-bond donors (Lipinski definition) is 1. The molecule has 0 aliphatic carbocycles. The Bertz CT molecular complexity index is 661. The minimum absolute atomic E-state index is 0.111. The average Bonchev–Trinajstić information content (AvgIpc) is 2.51. The average molecular weight is 363 g/mol. The van der Waals surface area contributed by atoms with E-state index in [0.717, 1.165) is 11.1 Å². The van der Waals surface area contributed by atoms with E-state index >= 15 is 0 Å². The van der Waals surface area contributed by atoms with Gasteiger partial charge >= 0.3 is 12.1 Å². The van der Waals surface area contributed by atoms with Gasteiger partial charge in [-0.3, -0.25) is 9.59 Å². The number of aryl methyl sites for hydroxylation is 2. The van der Waals surface area contributed by atoms with E-state index in [-0.39, 0.29) is 12.2 Å². The van der Waals surface area contributed by atoms with Crippen molar-refractivity contribution in [2.24, 2.45) is 0 Å².